The van der Waals surface area contributed by atoms with Crippen LogP contribution in [0, 0.1) is 6.92 Å². The van der Waals surface area contributed by atoms with E-state index in [1.54, 1.807) is 6.07 Å². The number of ether oxygens (including phenoxy) is 1. The number of aromatic nitrogens is 2. The van der Waals surface area contributed by atoms with Crippen molar-refractivity contribution < 1.29 is 9.53 Å². The second-order valence-electron chi connectivity index (χ2n) is 6.99. The standard InChI is InChI=1S/C20H28N6O2/c1-15-14-18(19(27)23-16-4-6-17(7-5-16)25(2)3)24-20(22-15)21-8-9-26-10-12-28-13-11-26/h4-7,14H,8-13H2,1-3H3,(H,23,27)(H,21,22,24). The normalized spacial score (nSPS) is 14.5. The van der Waals surface area contributed by atoms with Gasteiger partial charge in [0.25, 0.3) is 5.91 Å². The van der Waals surface area contributed by atoms with Gasteiger partial charge in [-0.1, -0.05) is 0 Å². The average molecular weight is 384 g/mol. The smallest absolute Gasteiger partial charge is 0.274 e. The van der Waals surface area contributed by atoms with Gasteiger partial charge in [0.15, 0.2) is 0 Å². The summed E-state index contributed by atoms with van der Waals surface area (Å²) in [5.41, 5.74) is 2.89. The molecule has 0 spiro atoms. The van der Waals surface area contributed by atoms with E-state index in [4.69, 9.17) is 4.74 Å². The molecule has 1 aliphatic rings. The van der Waals surface area contributed by atoms with E-state index in [9.17, 15) is 4.79 Å². The monoisotopic (exact) mass is 384 g/mol. The van der Waals surface area contributed by atoms with Gasteiger partial charge < -0.3 is 20.3 Å². The minimum Gasteiger partial charge on any atom is -0.379 e. The first kappa shape index (κ1) is 20.0. The van der Waals surface area contributed by atoms with E-state index < -0.39 is 0 Å². The molecule has 2 aromatic rings. The first-order chi connectivity index (χ1) is 13.5. The number of anilines is 3. The van der Waals surface area contributed by atoms with Crippen molar-refractivity contribution in [1.82, 2.24) is 14.9 Å². The predicted octanol–water partition coefficient (Wildman–Crippen LogP) is 1.85. The van der Waals surface area contributed by atoms with Gasteiger partial charge in [0.05, 0.1) is 13.2 Å². The molecule has 1 aliphatic heterocycles. The van der Waals surface area contributed by atoms with Crippen molar-refractivity contribution in [3.63, 3.8) is 0 Å². The lowest BCUT2D eigenvalue weighted by Crippen LogP contribution is -2.39. The Morgan fingerprint density at radius 2 is 1.89 bits per heavy atom. The van der Waals surface area contributed by atoms with Gasteiger partial charge in [0.1, 0.15) is 5.69 Å². The summed E-state index contributed by atoms with van der Waals surface area (Å²) < 4.78 is 5.36. The zero-order valence-corrected chi connectivity index (χ0v) is 16.7. The summed E-state index contributed by atoms with van der Waals surface area (Å²) in [6, 6.07) is 9.36. The van der Waals surface area contributed by atoms with E-state index in [-0.39, 0.29) is 5.91 Å². The van der Waals surface area contributed by atoms with Crippen LogP contribution in [0.15, 0.2) is 30.3 Å². The number of aryl methyl sites for hydroxylation is 1. The van der Waals surface area contributed by atoms with Gasteiger partial charge in [0, 0.05) is 57.3 Å². The van der Waals surface area contributed by atoms with Gasteiger partial charge in [0.2, 0.25) is 5.95 Å². The largest absolute Gasteiger partial charge is 0.379 e. The third kappa shape index (κ3) is 5.64. The SMILES string of the molecule is Cc1cc(C(=O)Nc2ccc(N(C)C)cc2)nc(NCCN2CCOCC2)n1. The minimum atomic E-state index is -0.251. The fourth-order valence-electron chi connectivity index (χ4n) is 2.95. The first-order valence-corrected chi connectivity index (χ1v) is 9.49. The van der Waals surface area contributed by atoms with Crippen LogP contribution in [0.4, 0.5) is 17.3 Å². The summed E-state index contributed by atoms with van der Waals surface area (Å²) in [6.07, 6.45) is 0. The molecule has 1 aromatic carbocycles. The Bertz CT molecular complexity index is 788. The summed E-state index contributed by atoms with van der Waals surface area (Å²) in [7, 11) is 3.95. The number of rotatable bonds is 7. The Morgan fingerprint density at radius 3 is 2.57 bits per heavy atom. The van der Waals surface area contributed by atoms with Crippen molar-refractivity contribution in [2.75, 3.05) is 69.0 Å². The molecule has 28 heavy (non-hydrogen) atoms. The van der Waals surface area contributed by atoms with E-state index in [1.165, 1.54) is 0 Å². The molecular formula is C20H28N6O2. The van der Waals surface area contributed by atoms with Crippen molar-refractivity contribution in [2.45, 2.75) is 6.92 Å². The average Bonchev–Trinajstić information content (AvgIpc) is 2.69. The van der Waals surface area contributed by atoms with Crippen LogP contribution in [0.5, 0.6) is 0 Å². The van der Waals surface area contributed by atoms with Crippen molar-refractivity contribution in [2.24, 2.45) is 0 Å². The lowest BCUT2D eigenvalue weighted by atomic mass is 10.2. The van der Waals surface area contributed by atoms with Gasteiger partial charge in [-0.2, -0.15) is 0 Å². The molecule has 0 saturated carbocycles. The molecule has 2 heterocycles. The van der Waals surface area contributed by atoms with Crippen molar-refractivity contribution in [1.29, 1.82) is 0 Å². The van der Waals surface area contributed by atoms with Gasteiger partial charge in [-0.05, 0) is 37.3 Å². The topological polar surface area (TPSA) is 82.6 Å². The highest BCUT2D eigenvalue weighted by molar-refractivity contribution is 6.03. The summed E-state index contributed by atoms with van der Waals surface area (Å²) >= 11 is 0. The van der Waals surface area contributed by atoms with Crippen LogP contribution >= 0.6 is 0 Å². The Morgan fingerprint density at radius 1 is 1.18 bits per heavy atom. The zero-order valence-electron chi connectivity index (χ0n) is 16.7. The summed E-state index contributed by atoms with van der Waals surface area (Å²) in [6.45, 7) is 6.91. The minimum absolute atomic E-state index is 0.251. The number of amides is 1. The Labute approximate surface area is 165 Å². The van der Waals surface area contributed by atoms with E-state index in [0.717, 1.165) is 56.5 Å². The molecular weight excluding hydrogens is 356 g/mol. The van der Waals surface area contributed by atoms with E-state index in [0.29, 0.717) is 11.6 Å². The molecule has 2 N–H and O–H groups in total. The van der Waals surface area contributed by atoms with Crippen LogP contribution in [-0.2, 0) is 4.74 Å². The molecule has 0 aliphatic carbocycles. The van der Waals surface area contributed by atoms with Crippen LogP contribution in [-0.4, -0.2) is 74.3 Å². The van der Waals surface area contributed by atoms with E-state index in [2.05, 4.69) is 25.5 Å². The third-order valence-electron chi connectivity index (χ3n) is 4.54. The number of benzene rings is 1. The van der Waals surface area contributed by atoms with Crippen molar-refractivity contribution in [3.8, 4) is 0 Å². The molecule has 1 aromatic heterocycles. The number of hydrogen-bond donors (Lipinski definition) is 2. The van der Waals surface area contributed by atoms with E-state index in [1.807, 2.05) is 50.2 Å². The van der Waals surface area contributed by atoms with Crippen LogP contribution in [0.25, 0.3) is 0 Å². The maximum atomic E-state index is 12.6. The zero-order chi connectivity index (χ0) is 19.9. The number of nitrogens with zero attached hydrogens (tertiary/aromatic N) is 4. The van der Waals surface area contributed by atoms with Gasteiger partial charge >= 0.3 is 0 Å². The number of nitrogens with one attached hydrogen (secondary N) is 2. The number of carbonyl (C=O) groups is 1. The maximum absolute atomic E-state index is 12.6. The molecule has 3 rings (SSSR count). The van der Waals surface area contributed by atoms with Crippen molar-refractivity contribution in [3.05, 3.63) is 41.7 Å². The highest BCUT2D eigenvalue weighted by Crippen LogP contribution is 2.16. The van der Waals surface area contributed by atoms with E-state index >= 15 is 0 Å². The van der Waals surface area contributed by atoms with Crippen LogP contribution in [0.1, 0.15) is 16.2 Å². The highest BCUT2D eigenvalue weighted by atomic mass is 16.5. The summed E-state index contributed by atoms with van der Waals surface area (Å²) in [5.74, 6) is 0.223. The van der Waals surface area contributed by atoms with Crippen LogP contribution < -0.4 is 15.5 Å². The summed E-state index contributed by atoms with van der Waals surface area (Å²) in [4.78, 5) is 25.7. The highest BCUT2D eigenvalue weighted by Gasteiger charge is 2.13. The fraction of sp³-hybridized carbons (Fsp3) is 0.450. The Kier molecular flexibility index (Phi) is 6.78. The first-order valence-electron chi connectivity index (χ1n) is 9.49. The summed E-state index contributed by atoms with van der Waals surface area (Å²) in [5, 5.41) is 6.11. The third-order valence-corrected chi connectivity index (χ3v) is 4.54. The second-order valence-corrected chi connectivity index (χ2v) is 6.99. The predicted molar refractivity (Wildman–Crippen MR) is 111 cm³/mol. The maximum Gasteiger partial charge on any atom is 0.274 e. The molecule has 1 fully saturated rings. The Balaban J connectivity index is 1.58. The fourth-order valence-corrected chi connectivity index (χ4v) is 2.95. The quantitative estimate of drug-likeness (QED) is 0.754. The lowest BCUT2D eigenvalue weighted by molar-refractivity contribution is 0.0398. The number of morpholine rings is 1. The molecule has 150 valence electrons. The Hall–Kier alpha value is -2.71. The van der Waals surface area contributed by atoms with Gasteiger partial charge in [-0.3, -0.25) is 9.69 Å². The molecule has 8 heteroatoms. The second kappa shape index (κ2) is 9.48. The van der Waals surface area contributed by atoms with Crippen molar-refractivity contribution >= 4 is 23.2 Å². The van der Waals surface area contributed by atoms with Gasteiger partial charge in [-0.15, -0.1) is 0 Å². The molecule has 0 unspecified atom stereocenters. The lowest BCUT2D eigenvalue weighted by Gasteiger charge is -2.26. The molecule has 1 saturated heterocycles. The number of hydrogen-bond acceptors (Lipinski definition) is 7. The van der Waals surface area contributed by atoms with Crippen LogP contribution in [0.2, 0.25) is 0 Å². The van der Waals surface area contributed by atoms with Gasteiger partial charge in [-0.25, -0.2) is 9.97 Å². The molecule has 1 amide bonds. The van der Waals surface area contributed by atoms with Crippen LogP contribution in [0.3, 0.4) is 0 Å². The number of carbonyl (C=O) groups excluding carboxylic acids is 1. The molecule has 0 atom stereocenters. The molecule has 0 bridgehead atoms. The molecule has 8 nitrogen and oxygen atoms in total. The molecule has 0 radical (unpaired) electrons.